The van der Waals surface area contributed by atoms with Crippen molar-refractivity contribution in [1.29, 1.82) is 0 Å². The average Bonchev–Trinajstić information content (AvgIpc) is 2.80. The standard InChI is InChI=1S/C12H14NS/c1-13(2)11(8-7-10-5-6-10)12-4-3-9-14-12/h3-4,9-10H,5-6H2,1-2H3/q+1. The number of hydrogen-bond donors (Lipinski definition) is 0. The van der Waals surface area contributed by atoms with E-state index in [2.05, 4.69) is 48.0 Å². The van der Waals surface area contributed by atoms with Crippen LogP contribution in [-0.4, -0.2) is 24.4 Å². The van der Waals surface area contributed by atoms with Gasteiger partial charge in [0.05, 0.1) is 0 Å². The highest BCUT2D eigenvalue weighted by Gasteiger charge is 2.19. The minimum Gasteiger partial charge on any atom is -0.227 e. The average molecular weight is 204 g/mol. The third-order valence-corrected chi connectivity index (χ3v) is 3.05. The highest BCUT2D eigenvalue weighted by molar-refractivity contribution is 7.12. The molecule has 1 aliphatic rings. The van der Waals surface area contributed by atoms with Gasteiger partial charge in [-0.3, -0.25) is 0 Å². The predicted molar refractivity (Wildman–Crippen MR) is 61.0 cm³/mol. The van der Waals surface area contributed by atoms with Gasteiger partial charge in [-0.05, 0) is 24.3 Å². The molecule has 1 aliphatic carbocycles. The zero-order chi connectivity index (χ0) is 9.97. The van der Waals surface area contributed by atoms with Gasteiger partial charge >= 0.3 is 0 Å². The van der Waals surface area contributed by atoms with Crippen LogP contribution in [0.1, 0.15) is 17.7 Å². The molecule has 2 heteroatoms. The third kappa shape index (κ3) is 2.24. The zero-order valence-corrected chi connectivity index (χ0v) is 9.40. The van der Waals surface area contributed by atoms with E-state index >= 15 is 0 Å². The molecule has 1 saturated carbocycles. The molecule has 72 valence electrons. The van der Waals surface area contributed by atoms with Crippen LogP contribution in [0.15, 0.2) is 17.5 Å². The molecule has 0 bridgehead atoms. The molecule has 1 aromatic rings. The highest BCUT2D eigenvalue weighted by atomic mass is 32.1. The van der Waals surface area contributed by atoms with Crippen LogP contribution >= 0.6 is 11.3 Å². The van der Waals surface area contributed by atoms with Gasteiger partial charge in [-0.25, -0.2) is 4.58 Å². The first-order valence-corrected chi connectivity index (χ1v) is 5.75. The second-order valence-electron chi connectivity index (χ2n) is 3.76. The van der Waals surface area contributed by atoms with Crippen LogP contribution < -0.4 is 0 Å². The largest absolute Gasteiger partial charge is 0.268 e. The van der Waals surface area contributed by atoms with E-state index in [1.54, 1.807) is 11.3 Å². The van der Waals surface area contributed by atoms with Crippen molar-refractivity contribution < 1.29 is 4.58 Å². The van der Waals surface area contributed by atoms with Crippen molar-refractivity contribution in [3.63, 3.8) is 0 Å². The molecular formula is C12H14NS+. The Labute approximate surface area is 89.1 Å². The Kier molecular flexibility index (Phi) is 2.69. The molecule has 14 heavy (non-hydrogen) atoms. The van der Waals surface area contributed by atoms with E-state index in [1.165, 1.54) is 17.7 Å². The normalized spacial score (nSPS) is 14.4. The van der Waals surface area contributed by atoms with Crippen molar-refractivity contribution >= 4 is 17.0 Å². The molecule has 0 unspecified atom stereocenters. The maximum absolute atomic E-state index is 3.30. The Morgan fingerprint density at radius 3 is 2.79 bits per heavy atom. The molecule has 2 rings (SSSR count). The van der Waals surface area contributed by atoms with Crippen molar-refractivity contribution in [3.8, 4) is 11.8 Å². The molecule has 0 N–H and O–H groups in total. The predicted octanol–water partition coefficient (Wildman–Crippen LogP) is 2.22. The summed E-state index contributed by atoms with van der Waals surface area (Å²) in [6.45, 7) is 0. The first-order chi connectivity index (χ1) is 6.77. The zero-order valence-electron chi connectivity index (χ0n) is 8.58. The topological polar surface area (TPSA) is 3.01 Å². The van der Waals surface area contributed by atoms with E-state index in [0.29, 0.717) is 5.92 Å². The van der Waals surface area contributed by atoms with E-state index in [-0.39, 0.29) is 0 Å². The van der Waals surface area contributed by atoms with E-state index in [1.807, 2.05) is 0 Å². The van der Waals surface area contributed by atoms with Gasteiger partial charge < -0.3 is 0 Å². The Bertz CT molecular complexity index is 395. The van der Waals surface area contributed by atoms with E-state index in [9.17, 15) is 0 Å². The summed E-state index contributed by atoms with van der Waals surface area (Å²) < 4.78 is 2.10. The number of rotatable bonds is 1. The van der Waals surface area contributed by atoms with E-state index in [4.69, 9.17) is 0 Å². The van der Waals surface area contributed by atoms with Gasteiger partial charge in [-0.1, -0.05) is 12.0 Å². The summed E-state index contributed by atoms with van der Waals surface area (Å²) in [7, 11) is 4.10. The van der Waals surface area contributed by atoms with Crippen LogP contribution in [0.3, 0.4) is 0 Å². The first kappa shape index (κ1) is 9.48. The van der Waals surface area contributed by atoms with E-state index < -0.39 is 0 Å². The van der Waals surface area contributed by atoms with Crippen molar-refractivity contribution in [2.75, 3.05) is 14.1 Å². The third-order valence-electron chi connectivity index (χ3n) is 2.17. The summed E-state index contributed by atoms with van der Waals surface area (Å²) in [6, 6.07) is 4.20. The highest BCUT2D eigenvalue weighted by Crippen LogP contribution is 2.27. The minimum atomic E-state index is 0.671. The van der Waals surface area contributed by atoms with Crippen LogP contribution in [0.4, 0.5) is 0 Å². The lowest BCUT2D eigenvalue weighted by atomic mass is 10.3. The van der Waals surface area contributed by atoms with Gasteiger partial charge in [0.1, 0.15) is 19.0 Å². The minimum absolute atomic E-state index is 0.671. The molecule has 0 saturated heterocycles. The number of hydrogen-bond acceptors (Lipinski definition) is 1. The van der Waals surface area contributed by atoms with Crippen molar-refractivity contribution in [1.82, 2.24) is 0 Å². The fourth-order valence-corrected chi connectivity index (χ4v) is 2.01. The van der Waals surface area contributed by atoms with Crippen LogP contribution in [0, 0.1) is 17.8 Å². The molecular weight excluding hydrogens is 190 g/mol. The molecule has 0 spiro atoms. The number of nitrogens with zero attached hydrogens (tertiary/aromatic N) is 1. The lowest BCUT2D eigenvalue weighted by Gasteiger charge is -1.91. The molecule has 1 aromatic heterocycles. The fraction of sp³-hybridized carbons (Fsp3) is 0.417. The molecule has 0 aromatic carbocycles. The molecule has 0 amide bonds. The summed E-state index contributed by atoms with van der Waals surface area (Å²) >= 11 is 1.75. The maximum atomic E-state index is 3.30. The number of thiophene rings is 1. The summed E-state index contributed by atoms with van der Waals surface area (Å²) in [5.74, 6) is 7.26. The molecule has 0 radical (unpaired) electrons. The van der Waals surface area contributed by atoms with Crippen LogP contribution in [0.2, 0.25) is 0 Å². The second-order valence-corrected chi connectivity index (χ2v) is 4.71. The quantitative estimate of drug-likeness (QED) is 0.375. The van der Waals surface area contributed by atoms with Gasteiger partial charge in [0, 0.05) is 11.8 Å². The Hall–Kier alpha value is -1.07. The maximum Gasteiger partial charge on any atom is 0.268 e. The molecule has 1 fully saturated rings. The first-order valence-electron chi connectivity index (χ1n) is 4.87. The lowest BCUT2D eigenvalue weighted by molar-refractivity contribution is -0.462. The summed E-state index contributed by atoms with van der Waals surface area (Å²) in [5.41, 5.74) is 1.15. The summed E-state index contributed by atoms with van der Waals surface area (Å²) in [6.07, 6.45) is 2.58. The molecule has 0 aliphatic heterocycles. The van der Waals surface area contributed by atoms with Gasteiger partial charge in [0.25, 0.3) is 5.71 Å². The van der Waals surface area contributed by atoms with Crippen LogP contribution in [-0.2, 0) is 0 Å². The lowest BCUT2D eigenvalue weighted by Crippen LogP contribution is -2.11. The molecule has 0 atom stereocenters. The molecule has 1 nitrogen and oxygen atoms in total. The van der Waals surface area contributed by atoms with E-state index in [0.717, 1.165) is 5.71 Å². The van der Waals surface area contributed by atoms with Crippen molar-refractivity contribution in [3.05, 3.63) is 22.4 Å². The smallest absolute Gasteiger partial charge is 0.227 e. The van der Waals surface area contributed by atoms with Gasteiger partial charge in [-0.2, -0.15) is 0 Å². The summed E-state index contributed by atoms with van der Waals surface area (Å²) in [5, 5.41) is 2.09. The molecule has 1 heterocycles. The van der Waals surface area contributed by atoms with Crippen LogP contribution in [0.5, 0.6) is 0 Å². The Balaban J connectivity index is 2.26. The second kappa shape index (κ2) is 3.98. The summed E-state index contributed by atoms with van der Waals surface area (Å²) in [4.78, 5) is 1.27. The fourth-order valence-electron chi connectivity index (χ4n) is 1.21. The Morgan fingerprint density at radius 2 is 2.29 bits per heavy atom. The van der Waals surface area contributed by atoms with Gasteiger partial charge in [0.2, 0.25) is 0 Å². The monoisotopic (exact) mass is 204 g/mol. The van der Waals surface area contributed by atoms with Crippen molar-refractivity contribution in [2.45, 2.75) is 12.8 Å². The van der Waals surface area contributed by atoms with Crippen molar-refractivity contribution in [2.24, 2.45) is 5.92 Å². The van der Waals surface area contributed by atoms with Crippen LogP contribution in [0.25, 0.3) is 0 Å². The van der Waals surface area contributed by atoms with Gasteiger partial charge in [-0.15, -0.1) is 11.3 Å². The SMILES string of the molecule is C[N+](C)=C(C#CC1CC1)c1cccs1. The van der Waals surface area contributed by atoms with Gasteiger partial charge in [0.15, 0.2) is 0 Å². The Morgan fingerprint density at radius 1 is 1.50 bits per heavy atom.